The molecule has 3 heterocycles. The standard InChI is InChI=1S/C15H15BrN4O2/c16-12-7-11(8-17-9-12)15(21)19-14-2-1-13(10-18-14)20-3-5-22-6-4-20/h1-2,7-10H,3-6H2,(H,18,19,21). The highest BCUT2D eigenvalue weighted by Gasteiger charge is 2.12. The number of carbonyl (C=O) groups excluding carboxylic acids is 1. The highest BCUT2D eigenvalue weighted by molar-refractivity contribution is 9.10. The molecule has 1 fully saturated rings. The van der Waals surface area contributed by atoms with Crippen molar-refractivity contribution in [3.63, 3.8) is 0 Å². The average Bonchev–Trinajstić information content (AvgIpc) is 2.56. The Morgan fingerprint density at radius 2 is 2.05 bits per heavy atom. The second-order valence-corrected chi connectivity index (χ2v) is 5.76. The van der Waals surface area contributed by atoms with Crippen LogP contribution in [0.1, 0.15) is 10.4 Å². The summed E-state index contributed by atoms with van der Waals surface area (Å²) in [6.45, 7) is 3.18. The van der Waals surface area contributed by atoms with Crippen molar-refractivity contribution >= 4 is 33.3 Å². The lowest BCUT2D eigenvalue weighted by molar-refractivity contribution is 0.102. The number of pyridine rings is 2. The predicted octanol–water partition coefficient (Wildman–Crippen LogP) is 2.33. The molecule has 0 unspecified atom stereocenters. The molecule has 1 amide bonds. The van der Waals surface area contributed by atoms with Crippen LogP contribution in [-0.2, 0) is 4.74 Å². The number of rotatable bonds is 3. The highest BCUT2D eigenvalue weighted by Crippen LogP contribution is 2.17. The molecule has 0 aromatic carbocycles. The molecule has 6 nitrogen and oxygen atoms in total. The van der Waals surface area contributed by atoms with Gasteiger partial charge in [0.25, 0.3) is 5.91 Å². The Balaban J connectivity index is 1.66. The molecule has 0 saturated carbocycles. The molecule has 22 heavy (non-hydrogen) atoms. The van der Waals surface area contributed by atoms with Crippen LogP contribution in [0.15, 0.2) is 41.3 Å². The zero-order chi connectivity index (χ0) is 15.4. The Labute approximate surface area is 136 Å². The van der Waals surface area contributed by atoms with Crippen molar-refractivity contribution in [3.8, 4) is 0 Å². The van der Waals surface area contributed by atoms with Gasteiger partial charge in [0, 0.05) is 30.0 Å². The van der Waals surface area contributed by atoms with Crippen LogP contribution in [0.4, 0.5) is 11.5 Å². The Bertz CT molecular complexity index is 657. The van der Waals surface area contributed by atoms with Crippen LogP contribution in [0, 0.1) is 0 Å². The fraction of sp³-hybridized carbons (Fsp3) is 0.267. The summed E-state index contributed by atoms with van der Waals surface area (Å²) in [6, 6.07) is 5.46. The van der Waals surface area contributed by atoms with Crippen molar-refractivity contribution in [2.45, 2.75) is 0 Å². The Morgan fingerprint density at radius 3 is 2.73 bits per heavy atom. The minimum Gasteiger partial charge on any atom is -0.378 e. The van der Waals surface area contributed by atoms with Crippen molar-refractivity contribution in [1.29, 1.82) is 0 Å². The molecule has 1 saturated heterocycles. The van der Waals surface area contributed by atoms with E-state index in [1.54, 1.807) is 24.5 Å². The predicted molar refractivity (Wildman–Crippen MR) is 87.2 cm³/mol. The number of anilines is 2. The van der Waals surface area contributed by atoms with Gasteiger partial charge in [0.1, 0.15) is 5.82 Å². The van der Waals surface area contributed by atoms with E-state index in [9.17, 15) is 4.79 Å². The third-order valence-corrected chi connectivity index (χ3v) is 3.77. The van der Waals surface area contributed by atoms with Crippen LogP contribution in [0.3, 0.4) is 0 Å². The van der Waals surface area contributed by atoms with E-state index < -0.39 is 0 Å². The van der Waals surface area contributed by atoms with Gasteiger partial charge < -0.3 is 15.0 Å². The van der Waals surface area contributed by atoms with E-state index in [1.165, 1.54) is 6.20 Å². The lowest BCUT2D eigenvalue weighted by Gasteiger charge is -2.28. The largest absolute Gasteiger partial charge is 0.378 e. The van der Waals surface area contributed by atoms with Gasteiger partial charge in [-0.05, 0) is 34.1 Å². The first kappa shape index (κ1) is 14.9. The number of nitrogens with one attached hydrogen (secondary N) is 1. The number of amides is 1. The summed E-state index contributed by atoms with van der Waals surface area (Å²) in [6.07, 6.45) is 4.91. The summed E-state index contributed by atoms with van der Waals surface area (Å²) < 4.78 is 6.09. The van der Waals surface area contributed by atoms with Gasteiger partial charge >= 0.3 is 0 Å². The van der Waals surface area contributed by atoms with E-state index in [4.69, 9.17) is 4.74 Å². The number of nitrogens with zero attached hydrogens (tertiary/aromatic N) is 3. The minimum absolute atomic E-state index is 0.236. The zero-order valence-corrected chi connectivity index (χ0v) is 13.4. The summed E-state index contributed by atoms with van der Waals surface area (Å²) in [7, 11) is 0. The molecule has 0 atom stereocenters. The van der Waals surface area contributed by atoms with Gasteiger partial charge in [0.2, 0.25) is 0 Å². The number of carbonyl (C=O) groups is 1. The van der Waals surface area contributed by atoms with Gasteiger partial charge in [-0.1, -0.05) is 0 Å². The first-order valence-corrected chi connectivity index (χ1v) is 7.72. The second kappa shape index (κ2) is 6.85. The van der Waals surface area contributed by atoms with E-state index >= 15 is 0 Å². The maximum Gasteiger partial charge on any atom is 0.258 e. The van der Waals surface area contributed by atoms with Gasteiger partial charge in [-0.2, -0.15) is 0 Å². The molecule has 2 aromatic rings. The van der Waals surface area contributed by atoms with Crippen molar-refractivity contribution in [1.82, 2.24) is 9.97 Å². The number of morpholine rings is 1. The quantitative estimate of drug-likeness (QED) is 0.907. The summed E-state index contributed by atoms with van der Waals surface area (Å²) in [4.78, 5) is 22.6. The molecule has 3 rings (SSSR count). The molecule has 1 aliphatic heterocycles. The molecule has 0 radical (unpaired) electrons. The molecule has 1 aliphatic rings. The monoisotopic (exact) mass is 362 g/mol. The molecular formula is C15H15BrN4O2. The van der Waals surface area contributed by atoms with Crippen LogP contribution in [0.25, 0.3) is 0 Å². The molecule has 0 spiro atoms. The first-order chi connectivity index (χ1) is 10.7. The number of halogens is 1. The van der Waals surface area contributed by atoms with Crippen LogP contribution < -0.4 is 10.2 Å². The SMILES string of the molecule is O=C(Nc1ccc(N2CCOCC2)cn1)c1cncc(Br)c1. The minimum atomic E-state index is -0.236. The van der Waals surface area contributed by atoms with E-state index in [0.717, 1.165) is 36.5 Å². The average molecular weight is 363 g/mol. The highest BCUT2D eigenvalue weighted by atomic mass is 79.9. The van der Waals surface area contributed by atoms with Gasteiger partial charge in [0.05, 0.1) is 30.7 Å². The fourth-order valence-corrected chi connectivity index (χ4v) is 2.56. The van der Waals surface area contributed by atoms with Crippen molar-refractivity contribution in [3.05, 3.63) is 46.8 Å². The third kappa shape index (κ3) is 3.61. The molecule has 1 N–H and O–H groups in total. The second-order valence-electron chi connectivity index (χ2n) is 4.85. The maximum atomic E-state index is 12.1. The van der Waals surface area contributed by atoms with E-state index in [1.807, 2.05) is 6.07 Å². The van der Waals surface area contributed by atoms with Crippen molar-refractivity contribution < 1.29 is 9.53 Å². The van der Waals surface area contributed by atoms with E-state index in [0.29, 0.717) is 11.4 Å². The Kier molecular flexibility index (Phi) is 4.65. The lowest BCUT2D eigenvalue weighted by atomic mass is 10.2. The molecule has 0 aliphatic carbocycles. The van der Waals surface area contributed by atoms with Gasteiger partial charge in [0.15, 0.2) is 0 Å². The molecular weight excluding hydrogens is 348 g/mol. The van der Waals surface area contributed by atoms with Gasteiger partial charge in [-0.25, -0.2) is 4.98 Å². The first-order valence-electron chi connectivity index (χ1n) is 6.93. The Hall–Kier alpha value is -1.99. The normalized spacial score (nSPS) is 14.7. The van der Waals surface area contributed by atoms with Crippen LogP contribution in [-0.4, -0.2) is 42.2 Å². The van der Waals surface area contributed by atoms with Gasteiger partial charge in [-0.3, -0.25) is 9.78 Å². The third-order valence-electron chi connectivity index (χ3n) is 3.33. The van der Waals surface area contributed by atoms with E-state index in [2.05, 4.69) is 36.1 Å². The van der Waals surface area contributed by atoms with Crippen LogP contribution >= 0.6 is 15.9 Å². The van der Waals surface area contributed by atoms with Crippen LogP contribution in [0.5, 0.6) is 0 Å². The summed E-state index contributed by atoms with van der Waals surface area (Å²) >= 11 is 3.30. The zero-order valence-electron chi connectivity index (χ0n) is 11.8. The molecule has 2 aromatic heterocycles. The van der Waals surface area contributed by atoms with Crippen molar-refractivity contribution in [2.75, 3.05) is 36.5 Å². The molecule has 7 heteroatoms. The summed E-state index contributed by atoms with van der Waals surface area (Å²) in [5.41, 5.74) is 1.51. The molecule has 114 valence electrons. The summed E-state index contributed by atoms with van der Waals surface area (Å²) in [5, 5.41) is 2.76. The number of ether oxygens (including phenoxy) is 1. The van der Waals surface area contributed by atoms with Crippen LogP contribution in [0.2, 0.25) is 0 Å². The fourth-order valence-electron chi connectivity index (χ4n) is 2.19. The Morgan fingerprint density at radius 1 is 1.23 bits per heavy atom. The summed E-state index contributed by atoms with van der Waals surface area (Å²) in [5.74, 6) is 0.280. The molecule has 0 bridgehead atoms. The smallest absolute Gasteiger partial charge is 0.258 e. The maximum absolute atomic E-state index is 12.1. The number of hydrogen-bond acceptors (Lipinski definition) is 5. The van der Waals surface area contributed by atoms with Gasteiger partial charge in [-0.15, -0.1) is 0 Å². The topological polar surface area (TPSA) is 67.4 Å². The van der Waals surface area contributed by atoms with E-state index in [-0.39, 0.29) is 5.91 Å². The number of aromatic nitrogens is 2. The van der Waals surface area contributed by atoms with Crippen molar-refractivity contribution in [2.24, 2.45) is 0 Å². The lowest BCUT2D eigenvalue weighted by Crippen LogP contribution is -2.36. The number of hydrogen-bond donors (Lipinski definition) is 1.